The topological polar surface area (TPSA) is 30.0 Å². The third-order valence-corrected chi connectivity index (χ3v) is 2.98. The van der Waals surface area contributed by atoms with Gasteiger partial charge < -0.3 is 0 Å². The number of hydrogen-bond donors (Lipinski definition) is 0. The van der Waals surface area contributed by atoms with Gasteiger partial charge in [-0.3, -0.25) is 9.78 Å². The second kappa shape index (κ2) is 3.42. The van der Waals surface area contributed by atoms with Crippen molar-refractivity contribution in [1.29, 1.82) is 0 Å². The number of hydrogen-bond acceptors (Lipinski definition) is 2. The van der Waals surface area contributed by atoms with Crippen LogP contribution in [0.25, 0.3) is 16.8 Å². The number of halogens is 1. The van der Waals surface area contributed by atoms with Crippen molar-refractivity contribution in [2.45, 2.75) is 6.42 Å². The molecule has 0 aliphatic heterocycles. The molecule has 0 saturated carbocycles. The molecule has 0 radical (unpaired) electrons. The normalized spacial score (nSPS) is 14.2. The number of rotatable bonds is 0. The van der Waals surface area contributed by atoms with Gasteiger partial charge >= 0.3 is 0 Å². The summed E-state index contributed by atoms with van der Waals surface area (Å²) < 4.78 is 0. The summed E-state index contributed by atoms with van der Waals surface area (Å²) in [4.78, 5) is 16.2. The van der Waals surface area contributed by atoms with Gasteiger partial charge in [-0.2, -0.15) is 0 Å². The van der Waals surface area contributed by atoms with Crippen molar-refractivity contribution in [2.24, 2.45) is 0 Å². The van der Waals surface area contributed by atoms with Crippen LogP contribution >= 0.6 is 11.6 Å². The second-order valence-corrected chi connectivity index (χ2v) is 4.22. The van der Waals surface area contributed by atoms with Crippen molar-refractivity contribution in [1.82, 2.24) is 4.98 Å². The van der Waals surface area contributed by atoms with Crippen LogP contribution in [0.1, 0.15) is 22.5 Å². The maximum atomic E-state index is 11.9. The standard InChI is InChI=1S/C13H8ClNO/c14-9-5-4-8-7-15-11-2-1-3-12(16)13(11)10(8)6-9/h1-2,4-7H,3H2. The maximum absolute atomic E-state index is 11.9. The molecule has 1 aromatic carbocycles. The number of pyridine rings is 1. The van der Waals surface area contributed by atoms with Crippen LogP contribution in [-0.2, 0) is 0 Å². The highest BCUT2D eigenvalue weighted by Crippen LogP contribution is 2.28. The van der Waals surface area contributed by atoms with Gasteiger partial charge in [0, 0.05) is 23.0 Å². The van der Waals surface area contributed by atoms with E-state index >= 15 is 0 Å². The monoisotopic (exact) mass is 229 g/mol. The number of fused-ring (bicyclic) bond motifs is 3. The Balaban J connectivity index is 2.46. The Kier molecular flexibility index (Phi) is 2.04. The van der Waals surface area contributed by atoms with Crippen molar-refractivity contribution in [3.05, 3.63) is 46.8 Å². The summed E-state index contributed by atoms with van der Waals surface area (Å²) in [5.74, 6) is 0.109. The van der Waals surface area contributed by atoms with Crippen LogP contribution in [0.15, 0.2) is 30.5 Å². The molecule has 1 aromatic heterocycles. The Hall–Kier alpha value is -1.67. The first-order valence-electron chi connectivity index (χ1n) is 5.04. The van der Waals surface area contributed by atoms with Crippen molar-refractivity contribution in [2.75, 3.05) is 0 Å². The largest absolute Gasteiger partial charge is 0.294 e. The van der Waals surface area contributed by atoms with Gasteiger partial charge in [0.25, 0.3) is 0 Å². The van der Waals surface area contributed by atoms with E-state index in [0.717, 1.165) is 16.5 Å². The summed E-state index contributed by atoms with van der Waals surface area (Å²) in [6, 6.07) is 5.52. The molecule has 78 valence electrons. The zero-order valence-electron chi connectivity index (χ0n) is 8.40. The predicted octanol–water partition coefficient (Wildman–Crippen LogP) is 3.49. The summed E-state index contributed by atoms with van der Waals surface area (Å²) in [5, 5.41) is 2.49. The minimum Gasteiger partial charge on any atom is -0.294 e. The smallest absolute Gasteiger partial charge is 0.169 e. The zero-order chi connectivity index (χ0) is 11.1. The number of carbonyl (C=O) groups is 1. The van der Waals surface area contributed by atoms with Gasteiger partial charge in [-0.05, 0) is 23.6 Å². The molecule has 1 aliphatic rings. The van der Waals surface area contributed by atoms with Gasteiger partial charge in [0.05, 0.1) is 11.3 Å². The van der Waals surface area contributed by atoms with E-state index in [0.29, 0.717) is 17.0 Å². The highest BCUT2D eigenvalue weighted by atomic mass is 35.5. The molecule has 0 fully saturated rings. The molecule has 2 aromatic rings. The average Bonchev–Trinajstić information content (AvgIpc) is 2.28. The van der Waals surface area contributed by atoms with Crippen molar-refractivity contribution in [3.8, 4) is 0 Å². The number of allylic oxidation sites excluding steroid dienone is 1. The number of nitrogens with zero attached hydrogens (tertiary/aromatic N) is 1. The number of Topliss-reactive ketones (excluding diaryl/α,β-unsaturated/α-hetero) is 1. The van der Waals surface area contributed by atoms with Crippen molar-refractivity contribution < 1.29 is 4.79 Å². The maximum Gasteiger partial charge on any atom is 0.169 e. The summed E-state index contributed by atoms with van der Waals surface area (Å²) in [7, 11) is 0. The van der Waals surface area contributed by atoms with E-state index in [2.05, 4.69) is 4.98 Å². The fraction of sp³-hybridized carbons (Fsp3) is 0.0769. The zero-order valence-corrected chi connectivity index (χ0v) is 9.16. The molecule has 0 unspecified atom stereocenters. The van der Waals surface area contributed by atoms with E-state index in [1.54, 1.807) is 12.3 Å². The van der Waals surface area contributed by atoms with Crippen molar-refractivity contribution >= 4 is 34.2 Å². The fourth-order valence-electron chi connectivity index (χ4n) is 2.00. The minimum atomic E-state index is 0.109. The first kappa shape index (κ1) is 9.55. The summed E-state index contributed by atoms with van der Waals surface area (Å²) in [6.07, 6.45) is 5.94. The Morgan fingerprint density at radius 1 is 1.31 bits per heavy atom. The fourth-order valence-corrected chi connectivity index (χ4v) is 2.17. The molecule has 1 heterocycles. The lowest BCUT2D eigenvalue weighted by atomic mass is 9.95. The lowest BCUT2D eigenvalue weighted by molar-refractivity contribution is 0.0996. The van der Waals surface area contributed by atoms with Gasteiger partial charge in [-0.15, -0.1) is 0 Å². The van der Waals surface area contributed by atoms with Crippen LogP contribution in [0, 0.1) is 0 Å². The first-order valence-corrected chi connectivity index (χ1v) is 5.41. The van der Waals surface area contributed by atoms with Crippen LogP contribution in [0.5, 0.6) is 0 Å². The van der Waals surface area contributed by atoms with Gasteiger partial charge in [0.15, 0.2) is 5.78 Å². The van der Waals surface area contributed by atoms with E-state index in [1.807, 2.05) is 24.3 Å². The second-order valence-electron chi connectivity index (χ2n) is 3.78. The van der Waals surface area contributed by atoms with E-state index in [-0.39, 0.29) is 5.78 Å². The molecule has 0 spiro atoms. The number of ketones is 1. The first-order chi connectivity index (χ1) is 7.75. The van der Waals surface area contributed by atoms with Crippen LogP contribution < -0.4 is 0 Å². The van der Waals surface area contributed by atoms with Gasteiger partial charge in [0.2, 0.25) is 0 Å². The Bertz CT molecular complexity index is 631. The molecule has 3 rings (SSSR count). The Labute approximate surface area is 97.6 Å². The van der Waals surface area contributed by atoms with E-state index in [9.17, 15) is 4.79 Å². The van der Waals surface area contributed by atoms with Crippen LogP contribution in [0.3, 0.4) is 0 Å². The molecule has 2 nitrogen and oxygen atoms in total. The SMILES string of the molecule is O=C1CC=Cc2ncc3ccc(Cl)cc3c21. The van der Waals surface area contributed by atoms with Gasteiger partial charge in [-0.25, -0.2) is 0 Å². The third-order valence-electron chi connectivity index (χ3n) is 2.74. The molecule has 0 N–H and O–H groups in total. The quantitative estimate of drug-likeness (QED) is 0.692. The number of carbonyl (C=O) groups excluding carboxylic acids is 1. The lowest BCUT2D eigenvalue weighted by Crippen LogP contribution is -2.06. The van der Waals surface area contributed by atoms with E-state index < -0.39 is 0 Å². The molecule has 0 amide bonds. The van der Waals surface area contributed by atoms with Crippen LogP contribution in [-0.4, -0.2) is 10.8 Å². The Morgan fingerprint density at radius 2 is 2.19 bits per heavy atom. The summed E-state index contributed by atoms with van der Waals surface area (Å²) in [6.45, 7) is 0. The molecule has 0 atom stereocenters. The molecular weight excluding hydrogens is 222 g/mol. The molecule has 3 heteroatoms. The Morgan fingerprint density at radius 3 is 3.06 bits per heavy atom. The molecule has 0 saturated heterocycles. The highest BCUT2D eigenvalue weighted by Gasteiger charge is 2.17. The third kappa shape index (κ3) is 1.34. The lowest BCUT2D eigenvalue weighted by Gasteiger charge is -2.11. The predicted molar refractivity (Wildman–Crippen MR) is 64.7 cm³/mol. The number of aromatic nitrogens is 1. The number of benzene rings is 1. The molecule has 16 heavy (non-hydrogen) atoms. The van der Waals surface area contributed by atoms with Crippen molar-refractivity contribution in [3.63, 3.8) is 0 Å². The molecule has 0 bridgehead atoms. The highest BCUT2D eigenvalue weighted by molar-refractivity contribution is 6.31. The molecule has 1 aliphatic carbocycles. The minimum absolute atomic E-state index is 0.109. The van der Waals surface area contributed by atoms with E-state index in [1.165, 1.54) is 0 Å². The summed E-state index contributed by atoms with van der Waals surface area (Å²) in [5.41, 5.74) is 1.44. The summed E-state index contributed by atoms with van der Waals surface area (Å²) >= 11 is 5.96. The van der Waals surface area contributed by atoms with E-state index in [4.69, 9.17) is 11.6 Å². The molecular formula is C13H8ClNO. The average molecular weight is 230 g/mol. The van der Waals surface area contributed by atoms with Crippen LogP contribution in [0.4, 0.5) is 0 Å². The van der Waals surface area contributed by atoms with Crippen LogP contribution in [0.2, 0.25) is 5.02 Å². The van der Waals surface area contributed by atoms with Gasteiger partial charge in [-0.1, -0.05) is 23.7 Å². The van der Waals surface area contributed by atoms with Gasteiger partial charge in [0.1, 0.15) is 0 Å².